The quantitative estimate of drug-likeness (QED) is 0.451. The Morgan fingerprint density at radius 2 is 2.03 bits per heavy atom. The standard InChI is InChI=1S/C25H28ClFN4O4/c1-25(2,3)35-24(33)31-21-8-7-19(12-16(21)14-29-31)30-23(32)34-22(20-6-4-5-9-28-20)15-10-17(26)13-18(27)11-15/h7-8,10-14,20,22,28H,4-6,9H2,1-3H3,(H,30,32)/t20-,22+/m0/s1. The highest BCUT2D eigenvalue weighted by atomic mass is 35.5. The summed E-state index contributed by atoms with van der Waals surface area (Å²) in [7, 11) is 0. The van der Waals surface area contributed by atoms with Gasteiger partial charge in [0.1, 0.15) is 17.5 Å². The van der Waals surface area contributed by atoms with Gasteiger partial charge in [-0.1, -0.05) is 18.0 Å². The van der Waals surface area contributed by atoms with E-state index in [1.165, 1.54) is 23.0 Å². The van der Waals surface area contributed by atoms with Gasteiger partial charge in [0.15, 0.2) is 0 Å². The molecule has 1 amide bonds. The Bertz CT molecular complexity index is 1210. The molecule has 0 unspecified atom stereocenters. The van der Waals surface area contributed by atoms with Crippen molar-refractivity contribution in [3.05, 3.63) is 59.0 Å². The maximum atomic E-state index is 14.0. The normalized spacial score (nSPS) is 17.1. The number of rotatable bonds is 4. The van der Waals surface area contributed by atoms with Crippen LogP contribution in [0.3, 0.4) is 0 Å². The maximum absolute atomic E-state index is 14.0. The second-order valence-corrected chi connectivity index (χ2v) is 9.96. The van der Waals surface area contributed by atoms with Gasteiger partial charge >= 0.3 is 12.2 Å². The third-order valence-corrected chi connectivity index (χ3v) is 5.76. The molecule has 0 bridgehead atoms. The van der Waals surface area contributed by atoms with Crippen molar-refractivity contribution in [1.29, 1.82) is 0 Å². The van der Waals surface area contributed by atoms with Gasteiger partial charge in [-0.15, -0.1) is 0 Å². The molecule has 35 heavy (non-hydrogen) atoms. The van der Waals surface area contributed by atoms with E-state index in [4.69, 9.17) is 21.1 Å². The van der Waals surface area contributed by atoms with Crippen LogP contribution < -0.4 is 10.6 Å². The van der Waals surface area contributed by atoms with Crippen molar-refractivity contribution < 1.29 is 23.5 Å². The number of piperidine rings is 1. The third kappa shape index (κ3) is 6.29. The predicted octanol–water partition coefficient (Wildman–Crippen LogP) is 6.04. The molecule has 1 aromatic heterocycles. The smallest absolute Gasteiger partial charge is 0.435 e. The Balaban J connectivity index is 1.51. The minimum Gasteiger partial charge on any atom is -0.442 e. The molecule has 3 aromatic rings. The van der Waals surface area contributed by atoms with Crippen molar-refractivity contribution in [2.24, 2.45) is 0 Å². The van der Waals surface area contributed by atoms with Crippen LogP contribution >= 0.6 is 11.6 Å². The lowest BCUT2D eigenvalue weighted by molar-refractivity contribution is 0.0522. The fraction of sp³-hybridized carbons (Fsp3) is 0.400. The van der Waals surface area contributed by atoms with E-state index >= 15 is 0 Å². The Kier molecular flexibility index (Phi) is 7.28. The average Bonchev–Trinajstić information content (AvgIpc) is 3.20. The molecular formula is C25H28ClFN4O4. The second-order valence-electron chi connectivity index (χ2n) is 9.52. The van der Waals surface area contributed by atoms with Gasteiger partial charge < -0.3 is 14.8 Å². The number of nitrogens with one attached hydrogen (secondary N) is 2. The van der Waals surface area contributed by atoms with Crippen LogP contribution in [0.25, 0.3) is 10.9 Å². The molecule has 10 heteroatoms. The van der Waals surface area contributed by atoms with Crippen LogP contribution in [0.4, 0.5) is 19.7 Å². The first-order chi connectivity index (χ1) is 16.6. The number of carbonyl (C=O) groups excluding carboxylic acids is 2. The number of benzene rings is 2. The van der Waals surface area contributed by atoms with E-state index in [0.29, 0.717) is 22.2 Å². The Morgan fingerprint density at radius 3 is 2.71 bits per heavy atom. The van der Waals surface area contributed by atoms with Crippen LogP contribution in [0.1, 0.15) is 51.7 Å². The van der Waals surface area contributed by atoms with Gasteiger partial charge in [0, 0.05) is 22.1 Å². The van der Waals surface area contributed by atoms with Gasteiger partial charge in [0.25, 0.3) is 0 Å². The van der Waals surface area contributed by atoms with Gasteiger partial charge in [-0.05, 0) is 82.1 Å². The number of ether oxygens (including phenoxy) is 2. The monoisotopic (exact) mass is 502 g/mol. The number of carbonyl (C=O) groups is 2. The van der Waals surface area contributed by atoms with E-state index in [1.54, 1.807) is 45.0 Å². The molecule has 8 nitrogen and oxygen atoms in total. The molecule has 4 rings (SSSR count). The summed E-state index contributed by atoms with van der Waals surface area (Å²) in [5.74, 6) is -0.496. The fourth-order valence-corrected chi connectivity index (χ4v) is 4.31. The molecule has 186 valence electrons. The number of halogens is 2. The van der Waals surface area contributed by atoms with Crippen molar-refractivity contribution in [2.75, 3.05) is 11.9 Å². The van der Waals surface area contributed by atoms with E-state index in [0.717, 1.165) is 25.8 Å². The Hall–Kier alpha value is -3.17. The SMILES string of the molecule is CC(C)(C)OC(=O)n1ncc2cc(NC(=O)O[C@H](c3cc(F)cc(Cl)c3)[C@@H]3CCCCN3)ccc21. The van der Waals surface area contributed by atoms with Crippen LogP contribution in [-0.4, -0.2) is 40.2 Å². The van der Waals surface area contributed by atoms with Crippen LogP contribution in [0.5, 0.6) is 0 Å². The van der Waals surface area contributed by atoms with Gasteiger partial charge in [-0.25, -0.2) is 14.0 Å². The van der Waals surface area contributed by atoms with Crippen LogP contribution in [0.2, 0.25) is 5.02 Å². The number of amides is 1. The number of fused-ring (bicyclic) bond motifs is 1. The summed E-state index contributed by atoms with van der Waals surface area (Å²) in [5, 5.41) is 11.0. The predicted molar refractivity (Wildman–Crippen MR) is 131 cm³/mol. The second kappa shape index (κ2) is 10.2. The number of aromatic nitrogens is 2. The zero-order chi connectivity index (χ0) is 25.2. The van der Waals surface area contributed by atoms with E-state index in [-0.39, 0.29) is 11.1 Å². The number of anilines is 1. The van der Waals surface area contributed by atoms with E-state index in [2.05, 4.69) is 15.7 Å². The summed E-state index contributed by atoms with van der Waals surface area (Å²) in [6, 6.07) is 8.96. The first-order valence-electron chi connectivity index (χ1n) is 11.5. The van der Waals surface area contributed by atoms with E-state index in [1.807, 2.05) is 0 Å². The molecule has 2 heterocycles. The van der Waals surface area contributed by atoms with Crippen LogP contribution in [0, 0.1) is 5.82 Å². The van der Waals surface area contributed by atoms with Gasteiger partial charge in [0.05, 0.1) is 11.7 Å². The molecule has 1 saturated heterocycles. The average molecular weight is 503 g/mol. The van der Waals surface area contributed by atoms with Crippen LogP contribution in [0.15, 0.2) is 42.6 Å². The van der Waals surface area contributed by atoms with Crippen molar-refractivity contribution >= 4 is 40.4 Å². The molecule has 0 aliphatic carbocycles. The summed E-state index contributed by atoms with van der Waals surface area (Å²) >= 11 is 6.06. The van der Waals surface area contributed by atoms with Gasteiger partial charge in [0.2, 0.25) is 0 Å². The topological polar surface area (TPSA) is 94.5 Å². The zero-order valence-electron chi connectivity index (χ0n) is 19.8. The maximum Gasteiger partial charge on any atom is 0.435 e. The lowest BCUT2D eigenvalue weighted by atomic mass is 9.94. The summed E-state index contributed by atoms with van der Waals surface area (Å²) in [6.45, 7) is 6.11. The number of hydrogen-bond acceptors (Lipinski definition) is 6. The summed E-state index contributed by atoms with van der Waals surface area (Å²) in [5.41, 5.74) is 0.824. The van der Waals surface area contributed by atoms with Gasteiger partial charge in [-0.3, -0.25) is 5.32 Å². The molecule has 2 atom stereocenters. The minimum atomic E-state index is -0.720. The Labute approximate surface area is 207 Å². The number of nitrogens with zero attached hydrogens (tertiary/aromatic N) is 2. The molecular weight excluding hydrogens is 475 g/mol. The van der Waals surface area contributed by atoms with Crippen molar-refractivity contribution in [1.82, 2.24) is 15.1 Å². The summed E-state index contributed by atoms with van der Waals surface area (Å²) in [4.78, 5) is 25.2. The van der Waals surface area contributed by atoms with E-state index in [9.17, 15) is 14.0 Å². The molecule has 1 aliphatic rings. The van der Waals surface area contributed by atoms with Crippen molar-refractivity contribution in [3.8, 4) is 0 Å². The third-order valence-electron chi connectivity index (χ3n) is 5.54. The summed E-state index contributed by atoms with van der Waals surface area (Å²) < 4.78 is 26.3. The molecule has 2 aromatic carbocycles. The Morgan fingerprint density at radius 1 is 1.23 bits per heavy atom. The molecule has 1 aliphatic heterocycles. The molecule has 0 spiro atoms. The molecule has 2 N–H and O–H groups in total. The minimum absolute atomic E-state index is 0.165. The molecule has 0 radical (unpaired) electrons. The van der Waals surface area contributed by atoms with Gasteiger partial charge in [-0.2, -0.15) is 9.78 Å². The summed E-state index contributed by atoms with van der Waals surface area (Å²) in [6.07, 6.45) is 2.28. The van der Waals surface area contributed by atoms with Crippen LogP contribution in [-0.2, 0) is 9.47 Å². The highest BCUT2D eigenvalue weighted by molar-refractivity contribution is 6.30. The molecule has 1 fully saturated rings. The first kappa shape index (κ1) is 24.9. The lowest BCUT2D eigenvalue weighted by Crippen LogP contribution is -2.41. The fourth-order valence-electron chi connectivity index (χ4n) is 4.08. The van der Waals surface area contributed by atoms with Crippen molar-refractivity contribution in [2.45, 2.75) is 57.8 Å². The highest BCUT2D eigenvalue weighted by Crippen LogP contribution is 2.30. The van der Waals surface area contributed by atoms with Crippen molar-refractivity contribution in [3.63, 3.8) is 0 Å². The number of hydrogen-bond donors (Lipinski definition) is 2. The first-order valence-corrected chi connectivity index (χ1v) is 11.8. The largest absolute Gasteiger partial charge is 0.442 e. The molecule has 0 saturated carbocycles. The highest BCUT2D eigenvalue weighted by Gasteiger charge is 2.29. The lowest BCUT2D eigenvalue weighted by Gasteiger charge is -2.31. The zero-order valence-corrected chi connectivity index (χ0v) is 20.6. The van der Waals surface area contributed by atoms with E-state index < -0.39 is 29.7 Å².